The van der Waals surface area contributed by atoms with Crippen molar-refractivity contribution in [1.29, 1.82) is 0 Å². The minimum atomic E-state index is -0.0236. The second kappa shape index (κ2) is 5.26. The van der Waals surface area contributed by atoms with E-state index in [1.165, 1.54) is 0 Å². The van der Waals surface area contributed by atoms with Crippen LogP contribution in [0.1, 0.15) is 40.0 Å². The number of aryl methyl sites for hydroxylation is 2. The standard InChI is InChI=1S/C18H19N3O2/c1-11-9-19-17(20-11)13-7-8-21(10-13)18(22)16-12(2)14-5-3-4-6-15(14)23-16/h3-6,9,13H,7-8,10H2,1-2H3,(H,19,20). The van der Waals surface area contributed by atoms with Crippen LogP contribution in [0.2, 0.25) is 0 Å². The number of aromatic nitrogens is 2. The Balaban J connectivity index is 1.58. The lowest BCUT2D eigenvalue weighted by molar-refractivity contribution is 0.0760. The molecule has 0 radical (unpaired) electrons. The van der Waals surface area contributed by atoms with E-state index in [-0.39, 0.29) is 11.8 Å². The Morgan fingerprint density at radius 2 is 2.17 bits per heavy atom. The second-order valence-electron chi connectivity index (χ2n) is 6.24. The van der Waals surface area contributed by atoms with Gasteiger partial charge in [-0.1, -0.05) is 18.2 Å². The maximum absolute atomic E-state index is 12.8. The molecule has 1 saturated heterocycles. The first-order valence-corrected chi connectivity index (χ1v) is 7.92. The Hall–Kier alpha value is -2.56. The average molecular weight is 309 g/mol. The van der Waals surface area contributed by atoms with Gasteiger partial charge in [0.2, 0.25) is 0 Å². The predicted molar refractivity (Wildman–Crippen MR) is 87.5 cm³/mol. The number of aromatic amines is 1. The summed E-state index contributed by atoms with van der Waals surface area (Å²) >= 11 is 0. The summed E-state index contributed by atoms with van der Waals surface area (Å²) in [6.45, 7) is 5.36. The lowest BCUT2D eigenvalue weighted by Crippen LogP contribution is -2.28. The van der Waals surface area contributed by atoms with Gasteiger partial charge in [-0.15, -0.1) is 0 Å². The van der Waals surface area contributed by atoms with Gasteiger partial charge in [0, 0.05) is 41.8 Å². The number of para-hydroxylation sites is 1. The molecular formula is C18H19N3O2. The minimum absolute atomic E-state index is 0.0236. The topological polar surface area (TPSA) is 62.1 Å². The molecule has 4 rings (SSSR count). The smallest absolute Gasteiger partial charge is 0.289 e. The monoisotopic (exact) mass is 309 g/mol. The van der Waals surface area contributed by atoms with E-state index in [9.17, 15) is 4.79 Å². The van der Waals surface area contributed by atoms with E-state index >= 15 is 0 Å². The number of rotatable bonds is 2. The predicted octanol–water partition coefficient (Wildman–Crippen LogP) is 3.40. The maximum atomic E-state index is 12.8. The third-order valence-electron chi connectivity index (χ3n) is 4.62. The zero-order chi connectivity index (χ0) is 16.0. The van der Waals surface area contributed by atoms with Crippen molar-refractivity contribution in [2.24, 2.45) is 0 Å². The molecule has 1 N–H and O–H groups in total. The van der Waals surface area contributed by atoms with Crippen LogP contribution >= 0.6 is 0 Å². The van der Waals surface area contributed by atoms with Gasteiger partial charge in [0.05, 0.1) is 0 Å². The molecule has 3 heterocycles. The van der Waals surface area contributed by atoms with E-state index in [2.05, 4.69) is 9.97 Å². The van der Waals surface area contributed by atoms with Crippen LogP contribution in [0.5, 0.6) is 0 Å². The molecule has 0 spiro atoms. The van der Waals surface area contributed by atoms with Gasteiger partial charge in [0.25, 0.3) is 5.91 Å². The van der Waals surface area contributed by atoms with Crippen LogP contribution in [0.15, 0.2) is 34.9 Å². The first kappa shape index (κ1) is 14.1. The van der Waals surface area contributed by atoms with Crippen molar-refractivity contribution in [2.75, 3.05) is 13.1 Å². The molecular weight excluding hydrogens is 290 g/mol. The van der Waals surface area contributed by atoms with Crippen LogP contribution in [0.25, 0.3) is 11.0 Å². The van der Waals surface area contributed by atoms with Crippen molar-refractivity contribution in [3.8, 4) is 0 Å². The van der Waals surface area contributed by atoms with Crippen molar-refractivity contribution in [3.63, 3.8) is 0 Å². The molecule has 0 saturated carbocycles. The molecule has 118 valence electrons. The van der Waals surface area contributed by atoms with Crippen molar-refractivity contribution in [3.05, 3.63) is 53.3 Å². The van der Waals surface area contributed by atoms with E-state index in [4.69, 9.17) is 4.42 Å². The zero-order valence-electron chi connectivity index (χ0n) is 13.3. The number of nitrogens with one attached hydrogen (secondary N) is 1. The highest BCUT2D eigenvalue weighted by Gasteiger charge is 2.32. The van der Waals surface area contributed by atoms with Gasteiger partial charge in [0.1, 0.15) is 11.4 Å². The summed E-state index contributed by atoms with van der Waals surface area (Å²) in [7, 11) is 0. The van der Waals surface area contributed by atoms with Crippen LogP contribution in [0, 0.1) is 13.8 Å². The molecule has 3 aromatic rings. The highest BCUT2D eigenvalue weighted by atomic mass is 16.3. The Morgan fingerprint density at radius 3 is 2.91 bits per heavy atom. The second-order valence-corrected chi connectivity index (χ2v) is 6.24. The van der Waals surface area contributed by atoms with E-state index in [1.807, 2.05) is 49.2 Å². The quantitative estimate of drug-likeness (QED) is 0.789. The summed E-state index contributed by atoms with van der Waals surface area (Å²) < 4.78 is 5.80. The fraction of sp³-hybridized carbons (Fsp3) is 0.333. The number of benzene rings is 1. The van der Waals surface area contributed by atoms with Crippen LogP contribution in [-0.2, 0) is 0 Å². The molecule has 5 heteroatoms. The first-order valence-electron chi connectivity index (χ1n) is 7.92. The van der Waals surface area contributed by atoms with Gasteiger partial charge in [-0.2, -0.15) is 0 Å². The number of likely N-dealkylation sites (tertiary alicyclic amines) is 1. The molecule has 1 aromatic carbocycles. The Bertz CT molecular complexity index is 877. The molecule has 1 aliphatic rings. The number of furan rings is 1. The minimum Gasteiger partial charge on any atom is -0.451 e. The van der Waals surface area contributed by atoms with E-state index in [0.717, 1.165) is 41.0 Å². The van der Waals surface area contributed by atoms with Crippen molar-refractivity contribution >= 4 is 16.9 Å². The van der Waals surface area contributed by atoms with Crippen molar-refractivity contribution < 1.29 is 9.21 Å². The molecule has 0 bridgehead atoms. The average Bonchev–Trinajstić information content (AvgIpc) is 3.26. The largest absolute Gasteiger partial charge is 0.451 e. The SMILES string of the molecule is Cc1cnc(C2CCN(C(=O)c3oc4ccccc4c3C)C2)[nH]1. The number of amides is 1. The summed E-state index contributed by atoms with van der Waals surface area (Å²) in [4.78, 5) is 22.4. The van der Waals surface area contributed by atoms with Crippen molar-refractivity contribution in [1.82, 2.24) is 14.9 Å². The third kappa shape index (κ3) is 2.32. The summed E-state index contributed by atoms with van der Waals surface area (Å²) in [5.41, 5.74) is 2.74. The van der Waals surface area contributed by atoms with Gasteiger partial charge in [-0.05, 0) is 26.3 Å². The lowest BCUT2D eigenvalue weighted by atomic mass is 10.1. The van der Waals surface area contributed by atoms with Crippen LogP contribution in [0.4, 0.5) is 0 Å². The molecule has 1 fully saturated rings. The van der Waals surface area contributed by atoms with Crippen LogP contribution in [-0.4, -0.2) is 33.9 Å². The van der Waals surface area contributed by atoms with Gasteiger partial charge < -0.3 is 14.3 Å². The fourth-order valence-electron chi connectivity index (χ4n) is 3.33. The maximum Gasteiger partial charge on any atom is 0.289 e. The molecule has 1 aliphatic heterocycles. The van der Waals surface area contributed by atoms with Crippen LogP contribution in [0.3, 0.4) is 0 Å². The molecule has 2 aromatic heterocycles. The third-order valence-corrected chi connectivity index (χ3v) is 4.62. The van der Waals surface area contributed by atoms with Gasteiger partial charge in [-0.25, -0.2) is 4.98 Å². The highest BCUT2D eigenvalue weighted by Crippen LogP contribution is 2.30. The molecule has 1 unspecified atom stereocenters. The number of nitrogens with zero attached hydrogens (tertiary/aromatic N) is 2. The number of carbonyl (C=O) groups excluding carboxylic acids is 1. The molecule has 23 heavy (non-hydrogen) atoms. The van der Waals surface area contributed by atoms with Gasteiger partial charge in [-0.3, -0.25) is 4.79 Å². The van der Waals surface area contributed by atoms with Gasteiger partial charge >= 0.3 is 0 Å². The van der Waals surface area contributed by atoms with E-state index < -0.39 is 0 Å². The number of fused-ring (bicyclic) bond motifs is 1. The van der Waals surface area contributed by atoms with Crippen molar-refractivity contribution in [2.45, 2.75) is 26.2 Å². The van der Waals surface area contributed by atoms with Gasteiger partial charge in [0.15, 0.2) is 5.76 Å². The molecule has 0 aliphatic carbocycles. The first-order chi connectivity index (χ1) is 11.1. The number of hydrogen-bond acceptors (Lipinski definition) is 3. The number of hydrogen-bond donors (Lipinski definition) is 1. The summed E-state index contributed by atoms with van der Waals surface area (Å²) in [5.74, 6) is 1.68. The number of imidazole rings is 1. The molecule has 1 atom stereocenters. The summed E-state index contributed by atoms with van der Waals surface area (Å²) in [5, 5.41) is 1.01. The highest BCUT2D eigenvalue weighted by molar-refractivity contribution is 5.99. The molecule has 1 amide bonds. The Labute approximate surface area is 134 Å². The summed E-state index contributed by atoms with van der Waals surface area (Å²) in [6, 6.07) is 7.77. The normalized spacial score (nSPS) is 18.0. The molecule has 5 nitrogen and oxygen atoms in total. The van der Waals surface area contributed by atoms with E-state index in [1.54, 1.807) is 0 Å². The lowest BCUT2D eigenvalue weighted by Gasteiger charge is -2.15. The Kier molecular flexibility index (Phi) is 3.22. The van der Waals surface area contributed by atoms with Crippen LogP contribution < -0.4 is 0 Å². The summed E-state index contributed by atoms with van der Waals surface area (Å²) in [6.07, 6.45) is 2.77. The van der Waals surface area contributed by atoms with E-state index in [0.29, 0.717) is 12.3 Å². The zero-order valence-corrected chi connectivity index (χ0v) is 13.3. The Morgan fingerprint density at radius 1 is 1.35 bits per heavy atom. The fourth-order valence-corrected chi connectivity index (χ4v) is 3.33. The number of H-pyrrole nitrogens is 1. The number of carbonyl (C=O) groups is 1.